The van der Waals surface area contributed by atoms with Crippen LogP contribution in [-0.4, -0.2) is 36.8 Å². The van der Waals surface area contributed by atoms with Gasteiger partial charge in [-0.2, -0.15) is 5.10 Å². The van der Waals surface area contributed by atoms with Crippen LogP contribution in [0.4, 0.5) is 0 Å². The normalized spacial score (nSPS) is 23.1. The van der Waals surface area contributed by atoms with Gasteiger partial charge in [-0.25, -0.2) is 17.8 Å². The number of carbonyl (C=O) groups excluding carboxylic acids is 1. The number of hydrogen-bond acceptors (Lipinski definition) is 5. The fraction of sp³-hybridized carbons (Fsp3) is 0.474. The van der Waals surface area contributed by atoms with Crippen LogP contribution in [0.1, 0.15) is 38.2 Å². The second kappa shape index (κ2) is 7.44. The van der Waals surface area contributed by atoms with Gasteiger partial charge in [0.05, 0.1) is 31.1 Å². The molecule has 1 heterocycles. The van der Waals surface area contributed by atoms with Crippen molar-refractivity contribution in [2.75, 3.05) is 7.11 Å². The third-order valence-corrected chi connectivity index (χ3v) is 6.80. The summed E-state index contributed by atoms with van der Waals surface area (Å²) in [5.41, 5.74) is 1.01. The number of sulfonamides is 1. The number of carbonyl (C=O) groups is 1. The second-order valence-electron chi connectivity index (χ2n) is 7.30. The minimum absolute atomic E-state index is 0.0680. The standard InChI is InChI=1S/C19H25N3O4S/c1-14-7-9-15(10-8-14)22-13-16(12-20-22)27(24,25)21-19(2)11-5-4-6-17(19)18(23)26-3/h7-10,12-13,17,21H,4-6,11H2,1-3H3/t17-,19-/m1/s1. The summed E-state index contributed by atoms with van der Waals surface area (Å²) in [4.78, 5) is 12.2. The van der Waals surface area contributed by atoms with Crippen molar-refractivity contribution in [3.63, 3.8) is 0 Å². The van der Waals surface area contributed by atoms with Crippen LogP contribution < -0.4 is 4.72 Å². The Hall–Kier alpha value is -2.19. The van der Waals surface area contributed by atoms with Gasteiger partial charge in [-0.1, -0.05) is 30.5 Å². The molecule has 8 heteroatoms. The minimum Gasteiger partial charge on any atom is -0.469 e. The van der Waals surface area contributed by atoms with E-state index in [-0.39, 0.29) is 10.9 Å². The van der Waals surface area contributed by atoms with Gasteiger partial charge in [0, 0.05) is 5.54 Å². The Kier molecular flexibility index (Phi) is 5.39. The zero-order chi connectivity index (χ0) is 19.7. The highest BCUT2D eigenvalue weighted by Gasteiger charge is 2.44. The molecule has 1 N–H and O–H groups in total. The Bertz CT molecular complexity index is 921. The Labute approximate surface area is 159 Å². The SMILES string of the molecule is COC(=O)[C@H]1CCCC[C@@]1(C)NS(=O)(=O)c1cnn(-c2ccc(C)cc2)c1. The first-order chi connectivity index (χ1) is 12.7. The first-order valence-electron chi connectivity index (χ1n) is 8.99. The molecular weight excluding hydrogens is 366 g/mol. The largest absolute Gasteiger partial charge is 0.469 e. The highest BCUT2D eigenvalue weighted by molar-refractivity contribution is 7.89. The number of nitrogens with zero attached hydrogens (tertiary/aromatic N) is 2. The third-order valence-electron chi connectivity index (χ3n) is 5.23. The van der Waals surface area contributed by atoms with Gasteiger partial charge >= 0.3 is 5.97 Å². The fourth-order valence-electron chi connectivity index (χ4n) is 3.63. The molecule has 0 amide bonds. The van der Waals surface area contributed by atoms with Crippen LogP contribution in [0.5, 0.6) is 0 Å². The van der Waals surface area contributed by atoms with Gasteiger partial charge in [-0.3, -0.25) is 4.79 Å². The van der Waals surface area contributed by atoms with E-state index in [1.165, 1.54) is 24.2 Å². The number of benzene rings is 1. The van der Waals surface area contributed by atoms with Gasteiger partial charge in [0.2, 0.25) is 10.0 Å². The average molecular weight is 391 g/mol. The van der Waals surface area contributed by atoms with Gasteiger partial charge in [-0.05, 0) is 38.8 Å². The van der Waals surface area contributed by atoms with Gasteiger partial charge in [0.25, 0.3) is 0 Å². The lowest BCUT2D eigenvalue weighted by atomic mass is 9.74. The van der Waals surface area contributed by atoms with E-state index in [1.54, 1.807) is 6.92 Å². The van der Waals surface area contributed by atoms with Crippen LogP contribution in [0.2, 0.25) is 0 Å². The zero-order valence-electron chi connectivity index (χ0n) is 15.8. The lowest BCUT2D eigenvalue weighted by Gasteiger charge is -2.39. The number of aryl methyl sites for hydroxylation is 1. The van der Waals surface area contributed by atoms with E-state index < -0.39 is 21.5 Å². The molecule has 1 aromatic heterocycles. The van der Waals surface area contributed by atoms with E-state index in [0.29, 0.717) is 12.8 Å². The molecule has 1 fully saturated rings. The lowest BCUT2D eigenvalue weighted by Crippen LogP contribution is -2.55. The van der Waals surface area contributed by atoms with Crippen LogP contribution in [0.3, 0.4) is 0 Å². The molecular formula is C19H25N3O4S. The number of methoxy groups -OCH3 is 1. The monoisotopic (exact) mass is 391 g/mol. The highest BCUT2D eigenvalue weighted by Crippen LogP contribution is 2.35. The number of nitrogens with one attached hydrogen (secondary N) is 1. The topological polar surface area (TPSA) is 90.3 Å². The Balaban J connectivity index is 1.86. The summed E-state index contributed by atoms with van der Waals surface area (Å²) in [6.45, 7) is 3.75. The Morgan fingerprint density at radius 2 is 2.00 bits per heavy atom. The molecule has 2 atom stereocenters. The Morgan fingerprint density at radius 3 is 2.67 bits per heavy atom. The van der Waals surface area contributed by atoms with Crippen molar-refractivity contribution in [2.45, 2.75) is 50.0 Å². The highest BCUT2D eigenvalue weighted by atomic mass is 32.2. The second-order valence-corrected chi connectivity index (χ2v) is 8.98. The van der Waals surface area contributed by atoms with Crippen LogP contribution in [0.15, 0.2) is 41.6 Å². The summed E-state index contributed by atoms with van der Waals surface area (Å²) in [6.07, 6.45) is 5.72. The third kappa shape index (κ3) is 4.06. The molecule has 0 unspecified atom stereocenters. The molecule has 0 saturated heterocycles. The quantitative estimate of drug-likeness (QED) is 0.791. The van der Waals surface area contributed by atoms with Crippen LogP contribution in [0, 0.1) is 12.8 Å². The van der Waals surface area contributed by atoms with Crippen molar-refractivity contribution < 1.29 is 17.9 Å². The summed E-state index contributed by atoms with van der Waals surface area (Å²) in [7, 11) is -2.50. The number of ether oxygens (including phenoxy) is 1. The molecule has 2 aromatic rings. The summed E-state index contributed by atoms with van der Waals surface area (Å²) in [6, 6.07) is 7.63. The smallest absolute Gasteiger partial charge is 0.310 e. The van der Waals surface area contributed by atoms with Crippen molar-refractivity contribution in [3.8, 4) is 5.69 Å². The predicted octanol–water partition coefficient (Wildman–Crippen LogP) is 2.58. The molecule has 0 aliphatic heterocycles. The summed E-state index contributed by atoms with van der Waals surface area (Å²) in [5.74, 6) is -0.881. The van der Waals surface area contributed by atoms with E-state index in [0.717, 1.165) is 24.1 Å². The van der Waals surface area contributed by atoms with Crippen molar-refractivity contribution in [3.05, 3.63) is 42.2 Å². The maximum Gasteiger partial charge on any atom is 0.310 e. The molecule has 0 bridgehead atoms. The molecule has 1 aliphatic rings. The van der Waals surface area contributed by atoms with E-state index in [1.807, 2.05) is 31.2 Å². The maximum absolute atomic E-state index is 12.9. The number of rotatable bonds is 5. The summed E-state index contributed by atoms with van der Waals surface area (Å²) >= 11 is 0. The van der Waals surface area contributed by atoms with Crippen molar-refractivity contribution in [2.24, 2.45) is 5.92 Å². The summed E-state index contributed by atoms with van der Waals surface area (Å²) < 4.78 is 35.0. The van der Waals surface area contributed by atoms with E-state index in [2.05, 4.69) is 9.82 Å². The Morgan fingerprint density at radius 1 is 1.30 bits per heavy atom. The first-order valence-corrected chi connectivity index (χ1v) is 10.5. The molecule has 0 radical (unpaired) electrons. The van der Waals surface area contributed by atoms with Crippen LogP contribution in [0.25, 0.3) is 5.69 Å². The van der Waals surface area contributed by atoms with Gasteiger partial charge < -0.3 is 4.74 Å². The van der Waals surface area contributed by atoms with Crippen LogP contribution in [-0.2, 0) is 19.6 Å². The molecule has 1 saturated carbocycles. The van der Waals surface area contributed by atoms with E-state index in [4.69, 9.17) is 4.74 Å². The lowest BCUT2D eigenvalue weighted by molar-refractivity contribution is -0.149. The molecule has 1 aromatic carbocycles. The van der Waals surface area contributed by atoms with Gasteiger partial charge in [-0.15, -0.1) is 0 Å². The van der Waals surface area contributed by atoms with Crippen LogP contribution >= 0.6 is 0 Å². The molecule has 3 rings (SSSR count). The minimum atomic E-state index is -3.83. The van der Waals surface area contributed by atoms with Gasteiger partial charge in [0.1, 0.15) is 4.90 Å². The molecule has 0 spiro atoms. The van der Waals surface area contributed by atoms with Crippen molar-refractivity contribution in [1.29, 1.82) is 0 Å². The van der Waals surface area contributed by atoms with Crippen molar-refractivity contribution >= 4 is 16.0 Å². The number of hydrogen-bond donors (Lipinski definition) is 1. The first kappa shape index (κ1) is 19.6. The van der Waals surface area contributed by atoms with Crippen molar-refractivity contribution in [1.82, 2.24) is 14.5 Å². The van der Waals surface area contributed by atoms with Gasteiger partial charge in [0.15, 0.2) is 0 Å². The zero-order valence-corrected chi connectivity index (χ0v) is 16.6. The number of esters is 1. The van der Waals surface area contributed by atoms with E-state index >= 15 is 0 Å². The molecule has 27 heavy (non-hydrogen) atoms. The average Bonchev–Trinajstić information content (AvgIpc) is 3.12. The molecule has 7 nitrogen and oxygen atoms in total. The fourth-order valence-corrected chi connectivity index (χ4v) is 5.03. The number of aromatic nitrogens is 2. The maximum atomic E-state index is 12.9. The molecule has 146 valence electrons. The van der Waals surface area contributed by atoms with E-state index in [9.17, 15) is 13.2 Å². The predicted molar refractivity (Wildman–Crippen MR) is 101 cm³/mol. The summed E-state index contributed by atoms with van der Waals surface area (Å²) in [5, 5.41) is 4.17. The molecule has 1 aliphatic carbocycles.